The van der Waals surface area contributed by atoms with Crippen LogP contribution in [0.1, 0.15) is 26.7 Å². The fourth-order valence-corrected chi connectivity index (χ4v) is 3.25. The van der Waals surface area contributed by atoms with Gasteiger partial charge >= 0.3 is 0 Å². The Morgan fingerprint density at radius 2 is 2.26 bits per heavy atom. The second kappa shape index (κ2) is 7.58. The predicted octanol–water partition coefficient (Wildman–Crippen LogP) is 1.03. The van der Waals surface area contributed by atoms with Crippen molar-refractivity contribution >= 4 is 0 Å². The molecule has 2 saturated heterocycles. The summed E-state index contributed by atoms with van der Waals surface area (Å²) in [4.78, 5) is 5.06. The fraction of sp³-hybridized carbons (Fsp3) is 1.00. The van der Waals surface area contributed by atoms with E-state index in [0.29, 0.717) is 12.1 Å². The zero-order valence-electron chi connectivity index (χ0n) is 12.9. The van der Waals surface area contributed by atoms with Crippen LogP contribution < -0.4 is 5.32 Å². The molecule has 2 heterocycles. The molecular formula is C15H31N3O. The second-order valence-corrected chi connectivity index (χ2v) is 6.59. The van der Waals surface area contributed by atoms with Gasteiger partial charge in [0.1, 0.15) is 0 Å². The molecule has 4 nitrogen and oxygen atoms in total. The molecule has 0 bridgehead atoms. The molecule has 19 heavy (non-hydrogen) atoms. The zero-order chi connectivity index (χ0) is 13.7. The molecule has 4 heteroatoms. The van der Waals surface area contributed by atoms with Crippen molar-refractivity contribution < 1.29 is 4.74 Å². The van der Waals surface area contributed by atoms with E-state index in [1.54, 1.807) is 0 Å². The highest BCUT2D eigenvalue weighted by Crippen LogP contribution is 2.13. The topological polar surface area (TPSA) is 27.7 Å². The van der Waals surface area contributed by atoms with Crippen LogP contribution in [0, 0.1) is 5.92 Å². The monoisotopic (exact) mass is 269 g/mol. The van der Waals surface area contributed by atoms with Crippen LogP contribution in [-0.4, -0.2) is 74.9 Å². The largest absolute Gasteiger partial charge is 0.374 e. The number of hydrogen-bond acceptors (Lipinski definition) is 4. The van der Waals surface area contributed by atoms with Gasteiger partial charge in [0, 0.05) is 38.8 Å². The summed E-state index contributed by atoms with van der Waals surface area (Å²) < 4.78 is 5.95. The van der Waals surface area contributed by atoms with E-state index >= 15 is 0 Å². The molecule has 1 N–H and O–H groups in total. The van der Waals surface area contributed by atoms with E-state index < -0.39 is 0 Å². The molecule has 0 aromatic rings. The minimum atomic E-state index is 0.388. The van der Waals surface area contributed by atoms with Crippen molar-refractivity contribution in [1.82, 2.24) is 15.1 Å². The molecule has 2 fully saturated rings. The van der Waals surface area contributed by atoms with Gasteiger partial charge in [-0.1, -0.05) is 13.8 Å². The molecule has 2 aliphatic rings. The van der Waals surface area contributed by atoms with Gasteiger partial charge in [0.25, 0.3) is 0 Å². The highest BCUT2D eigenvalue weighted by Gasteiger charge is 2.25. The number of morpholine rings is 1. The number of piperidine rings is 1. The normalized spacial score (nSPS) is 30.2. The Hall–Kier alpha value is -0.160. The molecule has 112 valence electrons. The molecule has 0 radical (unpaired) electrons. The molecular weight excluding hydrogens is 238 g/mol. The van der Waals surface area contributed by atoms with Gasteiger partial charge in [-0.2, -0.15) is 0 Å². The molecule has 2 atom stereocenters. The van der Waals surface area contributed by atoms with E-state index in [-0.39, 0.29) is 0 Å². The Labute approximate surface area is 118 Å². The molecule has 2 unspecified atom stereocenters. The quantitative estimate of drug-likeness (QED) is 0.807. The summed E-state index contributed by atoms with van der Waals surface area (Å²) >= 11 is 0. The first-order valence-corrected chi connectivity index (χ1v) is 7.90. The van der Waals surface area contributed by atoms with Crippen molar-refractivity contribution in [2.24, 2.45) is 5.92 Å². The number of nitrogens with zero attached hydrogens (tertiary/aromatic N) is 2. The molecule has 0 aliphatic carbocycles. The van der Waals surface area contributed by atoms with Crippen LogP contribution in [0.15, 0.2) is 0 Å². The van der Waals surface area contributed by atoms with Crippen molar-refractivity contribution in [3.63, 3.8) is 0 Å². The zero-order valence-corrected chi connectivity index (χ0v) is 12.9. The van der Waals surface area contributed by atoms with E-state index in [9.17, 15) is 0 Å². The van der Waals surface area contributed by atoms with Crippen molar-refractivity contribution in [3.8, 4) is 0 Å². The number of rotatable bonds is 5. The van der Waals surface area contributed by atoms with Crippen LogP contribution >= 0.6 is 0 Å². The number of ether oxygens (including phenoxy) is 1. The lowest BCUT2D eigenvalue weighted by Gasteiger charge is -2.38. The van der Waals surface area contributed by atoms with Crippen LogP contribution in [0.2, 0.25) is 0 Å². The smallest absolute Gasteiger partial charge is 0.0829 e. The van der Waals surface area contributed by atoms with E-state index in [1.165, 1.54) is 25.9 Å². The predicted molar refractivity (Wildman–Crippen MR) is 79.5 cm³/mol. The van der Waals surface area contributed by atoms with Gasteiger partial charge < -0.3 is 10.1 Å². The number of nitrogens with one attached hydrogen (secondary N) is 1. The molecule has 0 aromatic carbocycles. The fourth-order valence-electron chi connectivity index (χ4n) is 3.25. The summed E-state index contributed by atoms with van der Waals surface area (Å²) in [6.07, 6.45) is 3.02. The van der Waals surface area contributed by atoms with Crippen LogP contribution in [0.3, 0.4) is 0 Å². The third kappa shape index (κ3) is 5.03. The van der Waals surface area contributed by atoms with E-state index in [0.717, 1.165) is 38.7 Å². The first-order valence-electron chi connectivity index (χ1n) is 7.90. The van der Waals surface area contributed by atoms with Crippen LogP contribution in [0.5, 0.6) is 0 Å². The highest BCUT2D eigenvalue weighted by molar-refractivity contribution is 4.81. The molecule has 0 amide bonds. The minimum absolute atomic E-state index is 0.388. The standard InChI is InChI=1S/C15H31N3O/c1-13(2)10-18-7-8-19-15(12-18)11-17(3)14-5-4-6-16-9-14/h13-16H,4-12H2,1-3H3. The lowest BCUT2D eigenvalue weighted by atomic mass is 10.1. The lowest BCUT2D eigenvalue weighted by Crippen LogP contribution is -2.51. The van der Waals surface area contributed by atoms with Crippen LogP contribution in [0.4, 0.5) is 0 Å². The maximum Gasteiger partial charge on any atom is 0.0829 e. The van der Waals surface area contributed by atoms with Crippen molar-refractivity contribution in [2.75, 3.05) is 52.9 Å². The average Bonchev–Trinajstić information content (AvgIpc) is 2.39. The summed E-state index contributed by atoms with van der Waals surface area (Å²) in [5.74, 6) is 0.749. The first kappa shape index (κ1) is 15.2. The molecule has 0 aromatic heterocycles. The van der Waals surface area contributed by atoms with Gasteiger partial charge in [-0.15, -0.1) is 0 Å². The first-order chi connectivity index (χ1) is 9.15. The Balaban J connectivity index is 1.74. The van der Waals surface area contributed by atoms with E-state index in [4.69, 9.17) is 4.74 Å². The summed E-state index contributed by atoms with van der Waals surface area (Å²) in [6, 6.07) is 0.692. The maximum atomic E-state index is 5.95. The van der Waals surface area contributed by atoms with Gasteiger partial charge in [-0.3, -0.25) is 9.80 Å². The molecule has 2 rings (SSSR count). The maximum absolute atomic E-state index is 5.95. The van der Waals surface area contributed by atoms with Gasteiger partial charge in [-0.25, -0.2) is 0 Å². The molecule has 0 saturated carbocycles. The lowest BCUT2D eigenvalue weighted by molar-refractivity contribution is -0.0484. The Bertz CT molecular complexity index is 254. The third-order valence-corrected chi connectivity index (χ3v) is 4.23. The van der Waals surface area contributed by atoms with Gasteiger partial charge in [0.2, 0.25) is 0 Å². The van der Waals surface area contributed by atoms with E-state index in [1.807, 2.05) is 0 Å². The Morgan fingerprint density at radius 3 is 2.95 bits per heavy atom. The van der Waals surface area contributed by atoms with Crippen molar-refractivity contribution in [2.45, 2.75) is 38.8 Å². The minimum Gasteiger partial charge on any atom is -0.374 e. The van der Waals surface area contributed by atoms with Gasteiger partial charge in [-0.05, 0) is 32.4 Å². The van der Waals surface area contributed by atoms with Gasteiger partial charge in [0.15, 0.2) is 0 Å². The van der Waals surface area contributed by atoms with E-state index in [2.05, 4.69) is 36.0 Å². The summed E-state index contributed by atoms with van der Waals surface area (Å²) in [5.41, 5.74) is 0. The SMILES string of the molecule is CC(C)CN1CCOC(CN(C)C2CCCNC2)C1. The van der Waals surface area contributed by atoms with Crippen molar-refractivity contribution in [3.05, 3.63) is 0 Å². The highest BCUT2D eigenvalue weighted by atomic mass is 16.5. The Morgan fingerprint density at radius 1 is 1.42 bits per heavy atom. The van der Waals surface area contributed by atoms with Crippen LogP contribution in [0.25, 0.3) is 0 Å². The van der Waals surface area contributed by atoms with Crippen molar-refractivity contribution in [1.29, 1.82) is 0 Å². The number of hydrogen-bond donors (Lipinski definition) is 1. The summed E-state index contributed by atoms with van der Waals surface area (Å²) in [6.45, 7) is 12.3. The Kier molecular flexibility index (Phi) is 6.07. The third-order valence-electron chi connectivity index (χ3n) is 4.23. The molecule has 2 aliphatic heterocycles. The number of likely N-dealkylation sites (N-methyl/N-ethyl adjacent to an activating group) is 1. The van der Waals surface area contributed by atoms with Gasteiger partial charge in [0.05, 0.1) is 12.7 Å². The molecule has 0 spiro atoms. The van der Waals surface area contributed by atoms with Crippen LogP contribution in [-0.2, 0) is 4.74 Å². The second-order valence-electron chi connectivity index (χ2n) is 6.59. The summed E-state index contributed by atoms with van der Waals surface area (Å²) in [5, 5.41) is 3.49. The summed E-state index contributed by atoms with van der Waals surface area (Å²) in [7, 11) is 2.25. The average molecular weight is 269 g/mol.